The maximum absolute atomic E-state index is 9.58. The lowest BCUT2D eigenvalue weighted by Crippen LogP contribution is -2.21. The molecule has 1 saturated carbocycles. The van der Waals surface area contributed by atoms with E-state index in [-0.39, 0.29) is 6.10 Å². The van der Waals surface area contributed by atoms with Gasteiger partial charge in [0, 0.05) is 23.7 Å². The highest BCUT2D eigenvalue weighted by Crippen LogP contribution is 2.33. The summed E-state index contributed by atoms with van der Waals surface area (Å²) >= 11 is 0. The van der Waals surface area contributed by atoms with Gasteiger partial charge in [0.25, 0.3) is 0 Å². The predicted molar refractivity (Wildman–Crippen MR) is 72.4 cm³/mol. The number of aliphatic hydroxyl groups excluding tert-OH is 1. The Kier molecular flexibility index (Phi) is 4.78. The summed E-state index contributed by atoms with van der Waals surface area (Å²) in [6.07, 6.45) is 7.06. The minimum atomic E-state index is -0.0876. The predicted octanol–water partition coefficient (Wildman–Crippen LogP) is 2.27. The van der Waals surface area contributed by atoms with Crippen LogP contribution < -0.4 is 0 Å². The molecule has 4 heteroatoms. The van der Waals surface area contributed by atoms with Crippen molar-refractivity contribution in [2.24, 2.45) is 0 Å². The molecule has 1 aromatic rings. The standard InChI is InChI=1S/C14H25N3O/c1-3-8-17(2)10-12-9-15-16-14(12)11-4-6-13(18)7-5-11/h9,11,13,18H,3-8,10H2,1-2H3,(H,15,16). The molecule has 4 nitrogen and oxygen atoms in total. The van der Waals surface area contributed by atoms with Gasteiger partial charge in [-0.05, 0) is 45.7 Å². The number of nitrogens with zero attached hydrogens (tertiary/aromatic N) is 2. The van der Waals surface area contributed by atoms with Gasteiger partial charge in [-0.3, -0.25) is 5.10 Å². The molecule has 0 amide bonds. The van der Waals surface area contributed by atoms with E-state index in [1.165, 1.54) is 17.7 Å². The lowest BCUT2D eigenvalue weighted by molar-refractivity contribution is 0.121. The first kappa shape index (κ1) is 13.6. The number of H-pyrrole nitrogens is 1. The van der Waals surface area contributed by atoms with E-state index < -0.39 is 0 Å². The molecule has 1 fully saturated rings. The summed E-state index contributed by atoms with van der Waals surface area (Å²) in [7, 11) is 2.16. The van der Waals surface area contributed by atoms with Crippen molar-refractivity contribution in [1.29, 1.82) is 0 Å². The zero-order valence-corrected chi connectivity index (χ0v) is 11.5. The Bertz CT molecular complexity index is 356. The molecule has 1 heterocycles. The minimum absolute atomic E-state index is 0.0876. The van der Waals surface area contributed by atoms with E-state index in [0.29, 0.717) is 5.92 Å². The van der Waals surface area contributed by atoms with Crippen LogP contribution in [0, 0.1) is 0 Å². The second kappa shape index (κ2) is 6.34. The molecule has 0 aromatic carbocycles. The van der Waals surface area contributed by atoms with E-state index >= 15 is 0 Å². The average molecular weight is 251 g/mol. The van der Waals surface area contributed by atoms with Crippen LogP contribution in [0.2, 0.25) is 0 Å². The van der Waals surface area contributed by atoms with E-state index in [4.69, 9.17) is 0 Å². The normalized spacial score (nSPS) is 24.7. The molecule has 1 aliphatic carbocycles. The van der Waals surface area contributed by atoms with Gasteiger partial charge < -0.3 is 10.0 Å². The summed E-state index contributed by atoms with van der Waals surface area (Å²) in [4.78, 5) is 2.34. The number of rotatable bonds is 5. The van der Waals surface area contributed by atoms with Gasteiger partial charge in [-0.1, -0.05) is 6.92 Å². The number of aromatic nitrogens is 2. The van der Waals surface area contributed by atoms with Crippen molar-refractivity contribution < 1.29 is 5.11 Å². The van der Waals surface area contributed by atoms with Crippen LogP contribution in [-0.4, -0.2) is 39.9 Å². The Hall–Kier alpha value is -0.870. The maximum Gasteiger partial charge on any atom is 0.0540 e. The molecule has 0 aliphatic heterocycles. The molecule has 0 saturated heterocycles. The Morgan fingerprint density at radius 3 is 2.78 bits per heavy atom. The van der Waals surface area contributed by atoms with Crippen LogP contribution >= 0.6 is 0 Å². The van der Waals surface area contributed by atoms with E-state index in [1.54, 1.807) is 0 Å². The number of hydrogen-bond acceptors (Lipinski definition) is 3. The molecule has 2 N–H and O–H groups in total. The highest BCUT2D eigenvalue weighted by molar-refractivity contribution is 5.21. The number of aliphatic hydroxyl groups is 1. The third-order valence-electron chi connectivity index (χ3n) is 3.90. The molecule has 1 aliphatic rings. The molecule has 0 radical (unpaired) electrons. The topological polar surface area (TPSA) is 52.2 Å². The molecule has 18 heavy (non-hydrogen) atoms. The summed E-state index contributed by atoms with van der Waals surface area (Å²) in [6.45, 7) is 4.29. The fourth-order valence-electron chi connectivity index (χ4n) is 2.92. The molecule has 102 valence electrons. The summed E-state index contributed by atoms with van der Waals surface area (Å²) in [5.74, 6) is 0.556. The number of hydrogen-bond donors (Lipinski definition) is 2. The molecule has 0 unspecified atom stereocenters. The Morgan fingerprint density at radius 1 is 1.39 bits per heavy atom. The lowest BCUT2D eigenvalue weighted by Gasteiger charge is -2.26. The van der Waals surface area contributed by atoms with Crippen molar-refractivity contribution in [3.05, 3.63) is 17.5 Å². The molecule has 1 aromatic heterocycles. The Balaban J connectivity index is 1.98. The first-order valence-corrected chi connectivity index (χ1v) is 7.09. The quantitative estimate of drug-likeness (QED) is 0.844. The molecule has 0 spiro atoms. The Morgan fingerprint density at radius 2 is 2.11 bits per heavy atom. The first-order valence-electron chi connectivity index (χ1n) is 7.09. The van der Waals surface area contributed by atoms with Crippen LogP contribution in [-0.2, 0) is 6.54 Å². The maximum atomic E-state index is 9.58. The lowest BCUT2D eigenvalue weighted by atomic mass is 9.84. The van der Waals surface area contributed by atoms with E-state index in [0.717, 1.165) is 38.8 Å². The van der Waals surface area contributed by atoms with Gasteiger partial charge in [0.2, 0.25) is 0 Å². The van der Waals surface area contributed by atoms with Crippen molar-refractivity contribution in [3.63, 3.8) is 0 Å². The fourth-order valence-corrected chi connectivity index (χ4v) is 2.92. The SMILES string of the molecule is CCCN(C)Cc1cn[nH]c1C1CCC(O)CC1. The second-order valence-corrected chi connectivity index (χ2v) is 5.55. The van der Waals surface area contributed by atoms with Crippen LogP contribution in [0.5, 0.6) is 0 Å². The van der Waals surface area contributed by atoms with E-state index in [1.807, 2.05) is 6.20 Å². The van der Waals surface area contributed by atoms with Gasteiger partial charge in [-0.25, -0.2) is 0 Å². The van der Waals surface area contributed by atoms with Crippen molar-refractivity contribution >= 4 is 0 Å². The summed E-state index contributed by atoms with van der Waals surface area (Å²) < 4.78 is 0. The summed E-state index contributed by atoms with van der Waals surface area (Å²) in [5.41, 5.74) is 2.62. The molecular weight excluding hydrogens is 226 g/mol. The molecule has 0 bridgehead atoms. The van der Waals surface area contributed by atoms with Gasteiger partial charge in [0.1, 0.15) is 0 Å². The van der Waals surface area contributed by atoms with Crippen molar-refractivity contribution in [1.82, 2.24) is 15.1 Å². The van der Waals surface area contributed by atoms with Gasteiger partial charge in [-0.15, -0.1) is 0 Å². The summed E-state index contributed by atoms with van der Waals surface area (Å²) in [5, 5.41) is 17.0. The van der Waals surface area contributed by atoms with E-state index in [9.17, 15) is 5.11 Å². The molecular formula is C14H25N3O. The zero-order valence-electron chi connectivity index (χ0n) is 11.5. The third-order valence-corrected chi connectivity index (χ3v) is 3.90. The number of aromatic amines is 1. The molecule has 2 rings (SSSR count). The van der Waals surface area contributed by atoms with Gasteiger partial charge in [-0.2, -0.15) is 5.10 Å². The largest absolute Gasteiger partial charge is 0.393 e. The van der Waals surface area contributed by atoms with Crippen LogP contribution in [0.25, 0.3) is 0 Å². The van der Waals surface area contributed by atoms with Gasteiger partial charge in [0.15, 0.2) is 0 Å². The first-order chi connectivity index (χ1) is 8.70. The fraction of sp³-hybridized carbons (Fsp3) is 0.786. The van der Waals surface area contributed by atoms with Gasteiger partial charge in [0.05, 0.1) is 12.3 Å². The van der Waals surface area contributed by atoms with Crippen LogP contribution in [0.4, 0.5) is 0 Å². The van der Waals surface area contributed by atoms with Crippen LogP contribution in [0.3, 0.4) is 0 Å². The highest BCUT2D eigenvalue weighted by Gasteiger charge is 2.24. The smallest absolute Gasteiger partial charge is 0.0540 e. The third kappa shape index (κ3) is 3.33. The second-order valence-electron chi connectivity index (χ2n) is 5.55. The average Bonchev–Trinajstić information content (AvgIpc) is 2.78. The molecule has 0 atom stereocenters. The van der Waals surface area contributed by atoms with Crippen molar-refractivity contribution in [2.75, 3.05) is 13.6 Å². The monoisotopic (exact) mass is 251 g/mol. The van der Waals surface area contributed by atoms with Crippen LogP contribution in [0.1, 0.15) is 56.2 Å². The summed E-state index contributed by atoms with van der Waals surface area (Å²) in [6, 6.07) is 0. The van der Waals surface area contributed by atoms with E-state index in [2.05, 4.69) is 29.1 Å². The van der Waals surface area contributed by atoms with Crippen LogP contribution in [0.15, 0.2) is 6.20 Å². The number of nitrogens with one attached hydrogen (secondary N) is 1. The van der Waals surface area contributed by atoms with Crippen molar-refractivity contribution in [2.45, 2.75) is 57.6 Å². The van der Waals surface area contributed by atoms with Gasteiger partial charge >= 0.3 is 0 Å². The minimum Gasteiger partial charge on any atom is -0.393 e. The Labute approximate surface area is 109 Å². The van der Waals surface area contributed by atoms with Crippen molar-refractivity contribution in [3.8, 4) is 0 Å². The highest BCUT2D eigenvalue weighted by atomic mass is 16.3. The zero-order chi connectivity index (χ0) is 13.0.